The van der Waals surface area contributed by atoms with E-state index in [2.05, 4.69) is 6.92 Å². The number of unbranched alkanes of at least 4 members (excludes halogenated alkanes) is 2. The van der Waals surface area contributed by atoms with Gasteiger partial charge in [0.25, 0.3) is 5.79 Å². The van der Waals surface area contributed by atoms with Crippen LogP contribution in [0.3, 0.4) is 0 Å². The van der Waals surface area contributed by atoms with Crippen molar-refractivity contribution in [2.24, 2.45) is 0 Å². The maximum absolute atomic E-state index is 11.9. The Kier molecular flexibility index (Phi) is 5.88. The van der Waals surface area contributed by atoms with Crippen molar-refractivity contribution in [3.8, 4) is 0 Å². The fourth-order valence-electron chi connectivity index (χ4n) is 2.15. The van der Waals surface area contributed by atoms with E-state index in [4.69, 9.17) is 9.47 Å². The van der Waals surface area contributed by atoms with E-state index in [1.165, 1.54) is 44.1 Å². The van der Waals surface area contributed by atoms with Crippen LogP contribution in [0.5, 0.6) is 0 Å². The predicted molar refractivity (Wildman–Crippen MR) is 90.9 cm³/mol. The monoisotopic (exact) mass is 334 g/mol. The molecule has 0 atom stereocenters. The SMILES string of the molecule is CCCCCSc1ccc(C=C2C(=O)OC(C)(C)OC2=O)cc1. The summed E-state index contributed by atoms with van der Waals surface area (Å²) in [5.74, 6) is -1.40. The molecular formula is C18H22O4S. The molecule has 2 rings (SSSR count). The van der Waals surface area contributed by atoms with Gasteiger partial charge in [0.2, 0.25) is 0 Å². The molecule has 0 amide bonds. The zero-order chi connectivity index (χ0) is 16.9. The summed E-state index contributed by atoms with van der Waals surface area (Å²) in [6, 6.07) is 7.75. The molecule has 0 unspecified atom stereocenters. The predicted octanol–water partition coefficient (Wildman–Crippen LogP) is 4.19. The third-order valence-corrected chi connectivity index (χ3v) is 4.42. The van der Waals surface area contributed by atoms with Gasteiger partial charge in [-0.3, -0.25) is 0 Å². The first kappa shape index (κ1) is 17.6. The Balaban J connectivity index is 2.02. The molecule has 0 N–H and O–H groups in total. The average Bonchev–Trinajstić information content (AvgIpc) is 2.48. The Labute approximate surface area is 141 Å². The summed E-state index contributed by atoms with van der Waals surface area (Å²) in [6.07, 6.45) is 5.18. The van der Waals surface area contributed by atoms with Crippen LogP contribution in [0.15, 0.2) is 34.7 Å². The number of hydrogen-bond donors (Lipinski definition) is 0. The van der Waals surface area contributed by atoms with Crippen molar-refractivity contribution in [2.75, 3.05) is 5.75 Å². The standard InChI is InChI=1S/C18H22O4S/c1-4-5-6-11-23-14-9-7-13(8-10-14)12-15-16(19)21-18(2,3)22-17(15)20/h7-10,12H,4-6,11H2,1-3H3. The van der Waals surface area contributed by atoms with E-state index in [0.717, 1.165) is 11.3 Å². The molecule has 1 heterocycles. The van der Waals surface area contributed by atoms with Gasteiger partial charge in [-0.25, -0.2) is 9.59 Å². The van der Waals surface area contributed by atoms with Crippen LogP contribution in [0.2, 0.25) is 0 Å². The molecule has 1 aromatic rings. The van der Waals surface area contributed by atoms with Gasteiger partial charge in [0.05, 0.1) is 0 Å². The second-order valence-electron chi connectivity index (χ2n) is 5.86. The molecule has 0 saturated carbocycles. The molecule has 124 valence electrons. The van der Waals surface area contributed by atoms with Gasteiger partial charge in [-0.2, -0.15) is 0 Å². The fourth-order valence-corrected chi connectivity index (χ4v) is 3.06. The lowest BCUT2D eigenvalue weighted by Gasteiger charge is -2.29. The molecule has 1 saturated heterocycles. The minimum Gasteiger partial charge on any atom is -0.419 e. The largest absolute Gasteiger partial charge is 0.419 e. The van der Waals surface area contributed by atoms with Crippen molar-refractivity contribution >= 4 is 29.8 Å². The van der Waals surface area contributed by atoms with E-state index < -0.39 is 17.7 Å². The molecular weight excluding hydrogens is 312 g/mol. The van der Waals surface area contributed by atoms with Crippen molar-refractivity contribution in [1.29, 1.82) is 0 Å². The van der Waals surface area contributed by atoms with Gasteiger partial charge >= 0.3 is 11.9 Å². The summed E-state index contributed by atoms with van der Waals surface area (Å²) in [5.41, 5.74) is 0.694. The van der Waals surface area contributed by atoms with E-state index in [1.54, 1.807) is 0 Å². The van der Waals surface area contributed by atoms with Gasteiger partial charge in [-0.05, 0) is 35.9 Å². The highest BCUT2D eigenvalue weighted by atomic mass is 32.2. The molecule has 4 nitrogen and oxygen atoms in total. The van der Waals surface area contributed by atoms with Crippen molar-refractivity contribution in [2.45, 2.75) is 50.7 Å². The van der Waals surface area contributed by atoms with Crippen molar-refractivity contribution in [3.63, 3.8) is 0 Å². The molecule has 5 heteroatoms. The smallest absolute Gasteiger partial charge is 0.348 e. The van der Waals surface area contributed by atoms with Crippen LogP contribution < -0.4 is 0 Å². The highest BCUT2D eigenvalue weighted by Gasteiger charge is 2.38. The third kappa shape index (κ3) is 5.13. The normalized spacial score (nSPS) is 16.7. The van der Waals surface area contributed by atoms with Crippen molar-refractivity contribution in [3.05, 3.63) is 35.4 Å². The number of carbonyl (C=O) groups is 2. The number of ether oxygens (including phenoxy) is 2. The maximum atomic E-state index is 11.9. The van der Waals surface area contributed by atoms with E-state index >= 15 is 0 Å². The van der Waals surface area contributed by atoms with Crippen LogP contribution in [0.1, 0.15) is 45.6 Å². The fraction of sp³-hybridized carbons (Fsp3) is 0.444. The van der Waals surface area contributed by atoms with E-state index in [1.807, 2.05) is 36.0 Å². The summed E-state index contributed by atoms with van der Waals surface area (Å²) in [4.78, 5) is 25.0. The van der Waals surface area contributed by atoms with Gasteiger partial charge in [-0.1, -0.05) is 31.9 Å². The van der Waals surface area contributed by atoms with Crippen LogP contribution in [0.25, 0.3) is 6.08 Å². The topological polar surface area (TPSA) is 52.6 Å². The molecule has 0 aliphatic carbocycles. The number of rotatable bonds is 6. The highest BCUT2D eigenvalue weighted by molar-refractivity contribution is 7.99. The number of carbonyl (C=O) groups excluding carboxylic acids is 2. The summed E-state index contributed by atoms with van der Waals surface area (Å²) in [5, 5.41) is 0. The first-order chi connectivity index (χ1) is 10.9. The number of esters is 2. The Morgan fingerprint density at radius 2 is 1.65 bits per heavy atom. The molecule has 0 radical (unpaired) electrons. The van der Waals surface area contributed by atoms with Crippen LogP contribution in [0, 0.1) is 0 Å². The van der Waals surface area contributed by atoms with Gasteiger partial charge in [0.15, 0.2) is 0 Å². The average molecular weight is 334 g/mol. The van der Waals surface area contributed by atoms with E-state index in [-0.39, 0.29) is 5.57 Å². The number of hydrogen-bond acceptors (Lipinski definition) is 5. The Bertz CT molecular complexity index is 580. The summed E-state index contributed by atoms with van der Waals surface area (Å²) >= 11 is 1.81. The summed E-state index contributed by atoms with van der Waals surface area (Å²) < 4.78 is 10.1. The minimum atomic E-state index is -1.20. The van der Waals surface area contributed by atoms with Crippen LogP contribution in [0.4, 0.5) is 0 Å². The van der Waals surface area contributed by atoms with Crippen molar-refractivity contribution < 1.29 is 19.1 Å². The Hall–Kier alpha value is -1.75. The molecule has 0 spiro atoms. The zero-order valence-corrected chi connectivity index (χ0v) is 14.6. The molecule has 1 aliphatic rings. The van der Waals surface area contributed by atoms with Crippen LogP contribution in [-0.4, -0.2) is 23.5 Å². The van der Waals surface area contributed by atoms with E-state index in [9.17, 15) is 9.59 Å². The summed E-state index contributed by atoms with van der Waals surface area (Å²) in [6.45, 7) is 5.25. The van der Waals surface area contributed by atoms with Crippen molar-refractivity contribution in [1.82, 2.24) is 0 Å². The zero-order valence-electron chi connectivity index (χ0n) is 13.8. The van der Waals surface area contributed by atoms with Gasteiger partial charge < -0.3 is 9.47 Å². The first-order valence-corrected chi connectivity index (χ1v) is 8.81. The third-order valence-electron chi connectivity index (χ3n) is 3.32. The Morgan fingerprint density at radius 1 is 1.04 bits per heavy atom. The quantitative estimate of drug-likeness (QED) is 0.257. The second-order valence-corrected chi connectivity index (χ2v) is 7.03. The number of cyclic esters (lactones) is 2. The lowest BCUT2D eigenvalue weighted by molar-refractivity contribution is -0.222. The molecule has 1 aliphatic heterocycles. The molecule has 0 aromatic heterocycles. The molecule has 0 bridgehead atoms. The lowest BCUT2D eigenvalue weighted by atomic mass is 10.1. The second kappa shape index (κ2) is 7.68. The van der Waals surface area contributed by atoms with Crippen LogP contribution >= 0.6 is 11.8 Å². The number of thioether (sulfide) groups is 1. The van der Waals surface area contributed by atoms with Gasteiger partial charge in [-0.15, -0.1) is 11.8 Å². The number of benzene rings is 1. The van der Waals surface area contributed by atoms with Crippen LogP contribution in [-0.2, 0) is 19.1 Å². The summed E-state index contributed by atoms with van der Waals surface area (Å²) in [7, 11) is 0. The van der Waals surface area contributed by atoms with E-state index in [0.29, 0.717) is 0 Å². The molecule has 23 heavy (non-hydrogen) atoms. The molecule has 1 aromatic carbocycles. The first-order valence-electron chi connectivity index (χ1n) is 7.82. The van der Waals surface area contributed by atoms with Gasteiger partial charge in [0, 0.05) is 18.7 Å². The maximum Gasteiger partial charge on any atom is 0.348 e. The molecule has 1 fully saturated rings. The highest BCUT2D eigenvalue weighted by Crippen LogP contribution is 2.25. The lowest BCUT2D eigenvalue weighted by Crippen LogP contribution is -2.41. The van der Waals surface area contributed by atoms with Gasteiger partial charge in [0.1, 0.15) is 5.57 Å². The Morgan fingerprint density at radius 3 is 2.22 bits per heavy atom. The minimum absolute atomic E-state index is 0.0762.